The lowest BCUT2D eigenvalue weighted by molar-refractivity contribution is -0.0619. The van der Waals surface area contributed by atoms with E-state index in [1.165, 1.54) is 6.07 Å². The molecule has 6 heteroatoms. The summed E-state index contributed by atoms with van der Waals surface area (Å²) in [4.78, 5) is 4.25. The second-order valence-corrected chi connectivity index (χ2v) is 7.19. The van der Waals surface area contributed by atoms with Crippen LogP contribution in [0.25, 0.3) is 5.69 Å². The zero-order valence-corrected chi connectivity index (χ0v) is 16.7. The number of aryl methyl sites for hydroxylation is 1. The van der Waals surface area contributed by atoms with Crippen LogP contribution in [0.3, 0.4) is 0 Å². The van der Waals surface area contributed by atoms with Gasteiger partial charge in [-0.2, -0.15) is 0 Å². The normalized spacial score (nSPS) is 19.3. The number of methoxy groups -OCH3 is 1. The quantitative estimate of drug-likeness (QED) is 0.602. The molecule has 1 aliphatic rings. The Hall–Kier alpha value is -2.70. The number of halogens is 1. The number of nitrogens with zero attached hydrogens (tertiary/aromatic N) is 2. The third-order valence-electron chi connectivity index (χ3n) is 5.34. The third-order valence-corrected chi connectivity index (χ3v) is 5.34. The van der Waals surface area contributed by atoms with Crippen molar-refractivity contribution in [1.82, 2.24) is 9.55 Å². The van der Waals surface area contributed by atoms with Crippen molar-refractivity contribution in [2.45, 2.75) is 38.6 Å². The molecule has 2 heterocycles. The Balaban J connectivity index is 1.49. The van der Waals surface area contributed by atoms with E-state index in [1.807, 2.05) is 42.0 Å². The molecule has 5 nitrogen and oxygen atoms in total. The topological polar surface area (TPSA) is 45.5 Å². The van der Waals surface area contributed by atoms with Crippen LogP contribution in [0.2, 0.25) is 0 Å². The third kappa shape index (κ3) is 4.33. The summed E-state index contributed by atoms with van der Waals surface area (Å²) >= 11 is 0. The second kappa shape index (κ2) is 8.76. The summed E-state index contributed by atoms with van der Waals surface area (Å²) < 4.78 is 33.9. The first-order valence-corrected chi connectivity index (χ1v) is 9.80. The lowest BCUT2D eigenvalue weighted by Crippen LogP contribution is -2.26. The van der Waals surface area contributed by atoms with E-state index < -0.39 is 0 Å². The van der Waals surface area contributed by atoms with Crippen molar-refractivity contribution in [2.24, 2.45) is 0 Å². The molecule has 1 fully saturated rings. The molecular weight excluding hydrogens is 371 g/mol. The fourth-order valence-corrected chi connectivity index (χ4v) is 3.70. The van der Waals surface area contributed by atoms with Gasteiger partial charge in [0.15, 0.2) is 0 Å². The van der Waals surface area contributed by atoms with E-state index in [0.717, 1.165) is 23.5 Å². The van der Waals surface area contributed by atoms with Crippen molar-refractivity contribution in [3.8, 4) is 11.4 Å². The molecule has 2 unspecified atom stereocenters. The van der Waals surface area contributed by atoms with Gasteiger partial charge in [0, 0.05) is 38.2 Å². The predicted molar refractivity (Wildman–Crippen MR) is 108 cm³/mol. The number of hydrogen-bond donors (Lipinski definition) is 0. The minimum Gasteiger partial charge on any atom is -0.488 e. The van der Waals surface area contributed by atoms with E-state index >= 15 is 0 Å². The molecule has 1 saturated heterocycles. The molecule has 0 radical (unpaired) electrons. The zero-order valence-electron chi connectivity index (χ0n) is 16.7. The van der Waals surface area contributed by atoms with Gasteiger partial charge in [0.1, 0.15) is 24.0 Å². The molecule has 152 valence electrons. The lowest BCUT2D eigenvalue weighted by Gasteiger charge is -2.30. The average molecular weight is 396 g/mol. The van der Waals surface area contributed by atoms with Crippen LogP contribution in [0.4, 0.5) is 4.39 Å². The highest BCUT2D eigenvalue weighted by molar-refractivity contribution is 5.38. The zero-order chi connectivity index (χ0) is 20.2. The largest absolute Gasteiger partial charge is 0.488 e. The van der Waals surface area contributed by atoms with E-state index in [4.69, 9.17) is 14.2 Å². The van der Waals surface area contributed by atoms with Crippen molar-refractivity contribution in [1.29, 1.82) is 0 Å². The van der Waals surface area contributed by atoms with Crippen LogP contribution in [0, 0.1) is 12.7 Å². The van der Waals surface area contributed by atoms with Gasteiger partial charge in [0.25, 0.3) is 0 Å². The van der Waals surface area contributed by atoms with Crippen LogP contribution in [0.5, 0.6) is 5.75 Å². The monoisotopic (exact) mass is 396 g/mol. The molecule has 0 amide bonds. The van der Waals surface area contributed by atoms with Gasteiger partial charge in [-0.3, -0.25) is 0 Å². The van der Waals surface area contributed by atoms with Gasteiger partial charge >= 0.3 is 0 Å². The van der Waals surface area contributed by atoms with Crippen molar-refractivity contribution in [2.75, 3.05) is 13.7 Å². The molecule has 2 aromatic carbocycles. The molecule has 2 atom stereocenters. The summed E-state index contributed by atoms with van der Waals surface area (Å²) in [6.45, 7) is 2.86. The molecule has 29 heavy (non-hydrogen) atoms. The summed E-state index contributed by atoms with van der Waals surface area (Å²) in [6, 6.07) is 13.0. The molecule has 4 rings (SSSR count). The van der Waals surface area contributed by atoms with E-state index in [9.17, 15) is 4.39 Å². The van der Waals surface area contributed by atoms with Crippen molar-refractivity contribution >= 4 is 0 Å². The van der Waals surface area contributed by atoms with E-state index in [-0.39, 0.29) is 18.0 Å². The van der Waals surface area contributed by atoms with Crippen LogP contribution in [0.1, 0.15) is 35.9 Å². The van der Waals surface area contributed by atoms with Gasteiger partial charge in [-0.25, -0.2) is 9.37 Å². The molecule has 0 aliphatic carbocycles. The van der Waals surface area contributed by atoms with Crippen LogP contribution < -0.4 is 4.74 Å². The van der Waals surface area contributed by atoms with E-state index in [2.05, 4.69) is 4.98 Å². The minimum atomic E-state index is -0.364. The number of rotatable bonds is 6. The second-order valence-electron chi connectivity index (χ2n) is 7.19. The SMILES string of the molecule is COC1CCOC(c2c(F)cccc2OCc2ccc(-n3ccnc3C)cc2)C1. The Morgan fingerprint density at radius 2 is 2.03 bits per heavy atom. The summed E-state index contributed by atoms with van der Waals surface area (Å²) in [7, 11) is 1.68. The van der Waals surface area contributed by atoms with Gasteiger partial charge in [-0.1, -0.05) is 18.2 Å². The first-order chi connectivity index (χ1) is 14.2. The molecule has 0 bridgehead atoms. The summed E-state index contributed by atoms with van der Waals surface area (Å²) in [6.07, 6.45) is 4.85. The molecule has 0 saturated carbocycles. The molecule has 0 N–H and O–H groups in total. The van der Waals surface area contributed by atoms with Gasteiger partial charge in [0.05, 0.1) is 17.8 Å². The highest BCUT2D eigenvalue weighted by Gasteiger charge is 2.28. The number of ether oxygens (including phenoxy) is 3. The Bertz CT molecular complexity index is 955. The summed E-state index contributed by atoms with van der Waals surface area (Å²) in [5, 5.41) is 0. The molecular formula is C23H25FN2O3. The standard InChI is InChI=1S/C23H25FN2O3/c1-16-25-11-12-26(16)18-8-6-17(7-9-18)15-29-21-5-3-4-20(24)23(21)22-14-19(27-2)10-13-28-22/h3-9,11-12,19,22H,10,13-15H2,1-2H3. The summed E-state index contributed by atoms with van der Waals surface area (Å²) in [5.41, 5.74) is 2.51. The van der Waals surface area contributed by atoms with Crippen LogP contribution in [0.15, 0.2) is 54.9 Å². The average Bonchev–Trinajstić information content (AvgIpc) is 3.18. The van der Waals surface area contributed by atoms with Crippen LogP contribution in [-0.2, 0) is 16.1 Å². The van der Waals surface area contributed by atoms with Crippen LogP contribution in [-0.4, -0.2) is 29.4 Å². The number of imidazole rings is 1. The van der Waals surface area contributed by atoms with Gasteiger partial charge in [-0.15, -0.1) is 0 Å². The smallest absolute Gasteiger partial charge is 0.132 e. The maximum atomic E-state index is 14.6. The maximum absolute atomic E-state index is 14.6. The minimum absolute atomic E-state index is 0.0698. The molecule has 0 spiro atoms. The summed E-state index contributed by atoms with van der Waals surface area (Å²) in [5.74, 6) is 1.14. The van der Waals surface area contributed by atoms with E-state index in [0.29, 0.717) is 30.9 Å². The molecule has 3 aromatic rings. The maximum Gasteiger partial charge on any atom is 0.132 e. The van der Waals surface area contributed by atoms with Gasteiger partial charge in [-0.05, 0) is 43.2 Å². The van der Waals surface area contributed by atoms with E-state index in [1.54, 1.807) is 25.4 Å². The van der Waals surface area contributed by atoms with Crippen molar-refractivity contribution in [3.63, 3.8) is 0 Å². The first kappa shape index (κ1) is 19.6. The molecule has 1 aliphatic heterocycles. The predicted octanol–water partition coefficient (Wildman–Crippen LogP) is 4.77. The Labute approximate surface area is 170 Å². The number of hydrogen-bond acceptors (Lipinski definition) is 4. The van der Waals surface area contributed by atoms with Crippen molar-refractivity contribution < 1.29 is 18.6 Å². The first-order valence-electron chi connectivity index (χ1n) is 9.80. The highest BCUT2D eigenvalue weighted by atomic mass is 19.1. The Morgan fingerprint density at radius 3 is 2.76 bits per heavy atom. The molecule has 1 aromatic heterocycles. The lowest BCUT2D eigenvalue weighted by atomic mass is 9.98. The number of benzene rings is 2. The Morgan fingerprint density at radius 1 is 1.21 bits per heavy atom. The number of aromatic nitrogens is 2. The fraction of sp³-hybridized carbons (Fsp3) is 0.348. The highest BCUT2D eigenvalue weighted by Crippen LogP contribution is 2.37. The fourth-order valence-electron chi connectivity index (χ4n) is 3.70. The van der Waals surface area contributed by atoms with Gasteiger partial charge < -0.3 is 18.8 Å². The van der Waals surface area contributed by atoms with Crippen LogP contribution >= 0.6 is 0 Å². The Kier molecular flexibility index (Phi) is 5.92. The van der Waals surface area contributed by atoms with Crippen molar-refractivity contribution in [3.05, 3.63) is 77.6 Å². The van der Waals surface area contributed by atoms with Gasteiger partial charge in [0.2, 0.25) is 0 Å².